The Morgan fingerprint density at radius 3 is 2.65 bits per heavy atom. The maximum absolute atomic E-state index is 13.6. The highest BCUT2D eigenvalue weighted by Gasteiger charge is 2.11. The molecular formula is C16H22FNO2. The molecule has 0 atom stereocenters. The Labute approximate surface area is 120 Å². The molecule has 0 radical (unpaired) electrons. The number of hydrogen-bond acceptors (Lipinski definition) is 3. The normalized spacial score (nSPS) is 10.8. The molecule has 0 aliphatic heterocycles. The van der Waals surface area contributed by atoms with Crippen molar-refractivity contribution in [2.24, 2.45) is 0 Å². The minimum Gasteiger partial charge on any atom is -0.396 e. The van der Waals surface area contributed by atoms with Crippen LogP contribution >= 0.6 is 0 Å². The van der Waals surface area contributed by atoms with Crippen LogP contribution in [0.4, 0.5) is 4.39 Å². The van der Waals surface area contributed by atoms with Crippen molar-refractivity contribution >= 4 is 0 Å². The zero-order chi connectivity index (χ0) is 15.0. The largest absolute Gasteiger partial charge is 0.396 e. The maximum atomic E-state index is 13.6. The van der Waals surface area contributed by atoms with Gasteiger partial charge in [-0.05, 0) is 38.0 Å². The molecule has 20 heavy (non-hydrogen) atoms. The average molecular weight is 279 g/mol. The van der Waals surface area contributed by atoms with Crippen LogP contribution in [-0.4, -0.2) is 40.9 Å². The molecule has 0 bridgehead atoms. The van der Waals surface area contributed by atoms with Gasteiger partial charge in [0.25, 0.3) is 0 Å². The van der Waals surface area contributed by atoms with Crippen molar-refractivity contribution in [1.82, 2.24) is 4.90 Å². The van der Waals surface area contributed by atoms with E-state index in [1.165, 1.54) is 6.07 Å². The van der Waals surface area contributed by atoms with Gasteiger partial charge in [-0.2, -0.15) is 0 Å². The predicted molar refractivity (Wildman–Crippen MR) is 77.6 cm³/mol. The topological polar surface area (TPSA) is 43.7 Å². The first kappa shape index (κ1) is 16.6. The third-order valence-electron chi connectivity index (χ3n) is 3.05. The summed E-state index contributed by atoms with van der Waals surface area (Å²) in [5.74, 6) is 4.70. The van der Waals surface area contributed by atoms with Gasteiger partial charge in [0.05, 0.1) is 5.56 Å². The van der Waals surface area contributed by atoms with Crippen LogP contribution in [0.3, 0.4) is 0 Å². The molecule has 0 aliphatic carbocycles. The summed E-state index contributed by atoms with van der Waals surface area (Å²) in [4.78, 5) is 2.21. The number of rotatable bonds is 6. The lowest BCUT2D eigenvalue weighted by Crippen LogP contribution is -2.31. The Morgan fingerprint density at radius 1 is 1.30 bits per heavy atom. The van der Waals surface area contributed by atoms with Crippen molar-refractivity contribution in [3.63, 3.8) is 0 Å². The van der Waals surface area contributed by atoms with Crippen LogP contribution in [0.25, 0.3) is 0 Å². The molecule has 1 aromatic rings. The molecule has 0 saturated heterocycles. The van der Waals surface area contributed by atoms with Gasteiger partial charge in [0.2, 0.25) is 0 Å². The molecule has 2 N–H and O–H groups in total. The fourth-order valence-corrected chi connectivity index (χ4v) is 1.93. The molecule has 0 heterocycles. The number of aliphatic hydroxyl groups is 2. The number of hydrogen-bond donors (Lipinski definition) is 2. The van der Waals surface area contributed by atoms with Gasteiger partial charge in [-0.1, -0.05) is 17.9 Å². The lowest BCUT2D eigenvalue weighted by molar-refractivity contribution is 0.185. The van der Waals surface area contributed by atoms with E-state index in [4.69, 9.17) is 10.2 Å². The Balaban J connectivity index is 2.84. The molecule has 0 spiro atoms. The second-order valence-electron chi connectivity index (χ2n) is 4.92. The van der Waals surface area contributed by atoms with Crippen LogP contribution in [0.15, 0.2) is 18.2 Å². The van der Waals surface area contributed by atoms with Crippen molar-refractivity contribution in [3.8, 4) is 11.8 Å². The fourth-order valence-electron chi connectivity index (χ4n) is 1.93. The predicted octanol–water partition coefficient (Wildman–Crippen LogP) is 1.76. The van der Waals surface area contributed by atoms with E-state index in [0.29, 0.717) is 18.2 Å². The molecule has 0 amide bonds. The van der Waals surface area contributed by atoms with Crippen molar-refractivity contribution in [2.45, 2.75) is 32.9 Å². The first-order valence-corrected chi connectivity index (χ1v) is 6.81. The average Bonchev–Trinajstić information content (AvgIpc) is 2.43. The molecule has 1 rings (SSSR count). The van der Waals surface area contributed by atoms with Crippen molar-refractivity contribution in [2.75, 3.05) is 19.8 Å². The van der Waals surface area contributed by atoms with Gasteiger partial charge in [0.15, 0.2) is 0 Å². The van der Waals surface area contributed by atoms with E-state index in [1.807, 2.05) is 0 Å². The zero-order valence-corrected chi connectivity index (χ0v) is 12.1. The SMILES string of the molecule is CC(C)N(CCCO)Cc1ccc(F)c(C#CCO)c1. The van der Waals surface area contributed by atoms with Gasteiger partial charge in [-0.15, -0.1) is 0 Å². The molecule has 0 saturated carbocycles. The second kappa shape index (κ2) is 8.70. The van der Waals surface area contributed by atoms with Crippen LogP contribution in [0.2, 0.25) is 0 Å². The van der Waals surface area contributed by atoms with Crippen molar-refractivity contribution in [1.29, 1.82) is 0 Å². The molecule has 1 aromatic carbocycles. The number of aliphatic hydroxyl groups excluding tert-OH is 2. The molecule has 0 unspecified atom stereocenters. The smallest absolute Gasteiger partial charge is 0.138 e. The maximum Gasteiger partial charge on any atom is 0.138 e. The van der Waals surface area contributed by atoms with Gasteiger partial charge < -0.3 is 10.2 Å². The summed E-state index contributed by atoms with van der Waals surface area (Å²) >= 11 is 0. The van der Waals surface area contributed by atoms with E-state index in [1.54, 1.807) is 12.1 Å². The second-order valence-corrected chi connectivity index (χ2v) is 4.92. The Morgan fingerprint density at radius 2 is 2.05 bits per heavy atom. The van der Waals surface area contributed by atoms with E-state index in [0.717, 1.165) is 18.5 Å². The molecule has 0 fully saturated rings. The van der Waals surface area contributed by atoms with Crippen molar-refractivity contribution in [3.05, 3.63) is 35.1 Å². The van der Waals surface area contributed by atoms with Gasteiger partial charge >= 0.3 is 0 Å². The Kier molecular flexibility index (Phi) is 7.24. The summed E-state index contributed by atoms with van der Waals surface area (Å²) in [6, 6.07) is 5.21. The first-order valence-electron chi connectivity index (χ1n) is 6.81. The summed E-state index contributed by atoms with van der Waals surface area (Å²) in [5.41, 5.74) is 1.28. The lowest BCUT2D eigenvalue weighted by Gasteiger charge is -2.26. The summed E-state index contributed by atoms with van der Waals surface area (Å²) in [6.07, 6.45) is 0.719. The lowest BCUT2D eigenvalue weighted by atomic mass is 10.1. The quantitative estimate of drug-likeness (QED) is 0.780. The summed E-state index contributed by atoms with van der Waals surface area (Å²) in [5, 5.41) is 17.6. The zero-order valence-electron chi connectivity index (χ0n) is 12.1. The summed E-state index contributed by atoms with van der Waals surface area (Å²) < 4.78 is 13.6. The summed E-state index contributed by atoms with van der Waals surface area (Å²) in [7, 11) is 0. The van der Waals surface area contributed by atoms with Crippen LogP contribution in [-0.2, 0) is 6.54 Å². The van der Waals surface area contributed by atoms with Crippen molar-refractivity contribution < 1.29 is 14.6 Å². The van der Waals surface area contributed by atoms with E-state index in [9.17, 15) is 4.39 Å². The molecular weight excluding hydrogens is 257 g/mol. The third-order valence-corrected chi connectivity index (χ3v) is 3.05. The first-order chi connectivity index (χ1) is 9.58. The number of halogens is 1. The van der Waals surface area contributed by atoms with Crippen LogP contribution in [0.5, 0.6) is 0 Å². The molecule has 0 aromatic heterocycles. The third kappa shape index (κ3) is 5.30. The van der Waals surface area contributed by atoms with Crippen LogP contribution in [0, 0.1) is 17.7 Å². The molecule has 0 aliphatic rings. The monoisotopic (exact) mass is 279 g/mol. The van der Waals surface area contributed by atoms with E-state index >= 15 is 0 Å². The number of benzene rings is 1. The van der Waals surface area contributed by atoms with Gasteiger partial charge in [0, 0.05) is 25.7 Å². The summed E-state index contributed by atoms with van der Waals surface area (Å²) in [6.45, 7) is 5.55. The van der Waals surface area contributed by atoms with E-state index in [-0.39, 0.29) is 19.0 Å². The minimum atomic E-state index is -0.374. The van der Waals surface area contributed by atoms with E-state index < -0.39 is 0 Å². The molecule has 3 nitrogen and oxygen atoms in total. The highest BCUT2D eigenvalue weighted by molar-refractivity contribution is 5.38. The highest BCUT2D eigenvalue weighted by Crippen LogP contribution is 2.13. The fraction of sp³-hybridized carbons (Fsp3) is 0.500. The Bertz CT molecular complexity index is 477. The van der Waals surface area contributed by atoms with Crippen LogP contribution in [0.1, 0.15) is 31.4 Å². The van der Waals surface area contributed by atoms with Gasteiger partial charge in [0.1, 0.15) is 12.4 Å². The molecule has 110 valence electrons. The standard InChI is InChI=1S/C16H22FNO2/c1-13(2)18(8-4-10-20)12-14-6-7-16(17)15(11-14)5-3-9-19/h6-7,11,13,19-20H,4,8-10,12H2,1-2H3. The van der Waals surface area contributed by atoms with Crippen LogP contribution < -0.4 is 0 Å². The number of nitrogens with zero attached hydrogens (tertiary/aromatic N) is 1. The highest BCUT2D eigenvalue weighted by atomic mass is 19.1. The van der Waals surface area contributed by atoms with Gasteiger partial charge in [-0.3, -0.25) is 4.90 Å². The van der Waals surface area contributed by atoms with Gasteiger partial charge in [-0.25, -0.2) is 4.39 Å². The Hall–Kier alpha value is -1.41. The van der Waals surface area contributed by atoms with E-state index in [2.05, 4.69) is 30.6 Å². The molecule has 4 heteroatoms. The minimum absolute atomic E-state index is 0.167.